The second-order valence-electron chi connectivity index (χ2n) is 1.17. The second kappa shape index (κ2) is 1.20. The van der Waals surface area contributed by atoms with Crippen molar-refractivity contribution in [2.75, 3.05) is 6.73 Å². The van der Waals surface area contributed by atoms with Gasteiger partial charge < -0.3 is 9.64 Å². The molecule has 0 spiro atoms. The molecule has 1 radical (unpaired) electrons. The summed E-state index contributed by atoms with van der Waals surface area (Å²) < 4.78 is 4.74. The molecule has 0 aromatic rings. The third-order valence-corrected chi connectivity index (χ3v) is 0.608. The fourth-order valence-corrected chi connectivity index (χ4v) is 0.311. The minimum Gasteiger partial charge on any atom is -0.479 e. The zero-order valence-electron chi connectivity index (χ0n) is 3.42. The number of nitrogens with zero attached hydrogens (tertiary/aromatic N) is 1. The Kier molecular flexibility index (Phi) is 0.708. The molecular formula is C4H6NO. The molecule has 0 saturated carbocycles. The van der Waals surface area contributed by atoms with Gasteiger partial charge in [-0.25, -0.2) is 0 Å². The Morgan fingerprint density at radius 1 is 1.83 bits per heavy atom. The Morgan fingerprint density at radius 3 is 2.83 bits per heavy atom. The summed E-state index contributed by atoms with van der Waals surface area (Å²) in [6.45, 7) is 0.597. The van der Waals surface area contributed by atoms with Crippen LogP contribution in [0.5, 0.6) is 0 Å². The number of rotatable bonds is 0. The molecule has 0 saturated heterocycles. The molecule has 6 heavy (non-hydrogen) atoms. The molecule has 1 heterocycles. The SMILES string of the molecule is [CH2]N1C=COC1. The first-order valence-electron chi connectivity index (χ1n) is 1.75. The lowest BCUT2D eigenvalue weighted by atomic mass is 10.9. The highest BCUT2D eigenvalue weighted by molar-refractivity contribution is 4.78. The van der Waals surface area contributed by atoms with Crippen molar-refractivity contribution in [2.24, 2.45) is 0 Å². The molecule has 0 bridgehead atoms. The van der Waals surface area contributed by atoms with Crippen LogP contribution in [-0.4, -0.2) is 11.6 Å². The fraction of sp³-hybridized carbons (Fsp3) is 0.250. The lowest BCUT2D eigenvalue weighted by Gasteiger charge is -2.00. The molecule has 1 aliphatic heterocycles. The van der Waals surface area contributed by atoms with Gasteiger partial charge in [-0.2, -0.15) is 0 Å². The van der Waals surface area contributed by atoms with Gasteiger partial charge in [-0.05, 0) is 0 Å². The molecule has 1 aliphatic rings. The van der Waals surface area contributed by atoms with Crippen molar-refractivity contribution in [1.29, 1.82) is 0 Å². The van der Waals surface area contributed by atoms with Crippen LogP contribution in [0.25, 0.3) is 0 Å². The number of ether oxygens (including phenoxy) is 1. The Labute approximate surface area is 37.0 Å². The Balaban J connectivity index is 2.38. The maximum atomic E-state index is 4.74. The summed E-state index contributed by atoms with van der Waals surface area (Å²) in [6.07, 6.45) is 3.40. The average Bonchev–Trinajstić information content (AvgIpc) is 1.86. The van der Waals surface area contributed by atoms with E-state index in [0.717, 1.165) is 0 Å². The van der Waals surface area contributed by atoms with Crippen molar-refractivity contribution < 1.29 is 4.74 Å². The number of hydrogen-bond acceptors (Lipinski definition) is 2. The lowest BCUT2D eigenvalue weighted by Crippen LogP contribution is -2.02. The van der Waals surface area contributed by atoms with Gasteiger partial charge in [0.25, 0.3) is 0 Å². The zero-order valence-corrected chi connectivity index (χ0v) is 3.42. The lowest BCUT2D eigenvalue weighted by molar-refractivity contribution is 0.202. The molecule has 0 aliphatic carbocycles. The summed E-state index contributed by atoms with van der Waals surface area (Å²) in [4.78, 5) is 1.71. The molecular weight excluding hydrogens is 78.0 g/mol. The van der Waals surface area contributed by atoms with Crippen LogP contribution in [0.15, 0.2) is 12.5 Å². The Bertz CT molecular complexity index is 69.9. The van der Waals surface area contributed by atoms with Gasteiger partial charge in [-0.3, -0.25) is 0 Å². The molecule has 0 amide bonds. The van der Waals surface area contributed by atoms with Crippen LogP contribution >= 0.6 is 0 Å². The van der Waals surface area contributed by atoms with Crippen molar-refractivity contribution >= 4 is 0 Å². The first kappa shape index (κ1) is 3.53. The van der Waals surface area contributed by atoms with Gasteiger partial charge in [0, 0.05) is 13.2 Å². The molecule has 0 atom stereocenters. The summed E-state index contributed by atoms with van der Waals surface area (Å²) in [5.41, 5.74) is 0. The van der Waals surface area contributed by atoms with E-state index in [2.05, 4.69) is 7.05 Å². The Morgan fingerprint density at radius 2 is 2.67 bits per heavy atom. The molecule has 0 aromatic heterocycles. The van der Waals surface area contributed by atoms with Gasteiger partial charge >= 0.3 is 0 Å². The maximum Gasteiger partial charge on any atom is 0.160 e. The highest BCUT2D eigenvalue weighted by Crippen LogP contribution is 1.95. The zero-order chi connectivity index (χ0) is 4.41. The smallest absolute Gasteiger partial charge is 0.160 e. The summed E-state index contributed by atoms with van der Waals surface area (Å²) in [5, 5.41) is 0. The first-order chi connectivity index (χ1) is 2.89. The van der Waals surface area contributed by atoms with E-state index in [0.29, 0.717) is 6.73 Å². The van der Waals surface area contributed by atoms with Crippen LogP contribution in [0.3, 0.4) is 0 Å². The molecule has 0 N–H and O–H groups in total. The molecule has 0 unspecified atom stereocenters. The van der Waals surface area contributed by atoms with E-state index in [-0.39, 0.29) is 0 Å². The largest absolute Gasteiger partial charge is 0.479 e. The predicted octanol–water partition coefficient (Wildman–Crippen LogP) is 0.539. The van der Waals surface area contributed by atoms with Crippen molar-refractivity contribution in [3.05, 3.63) is 19.5 Å². The van der Waals surface area contributed by atoms with Crippen molar-refractivity contribution in [3.8, 4) is 0 Å². The summed E-state index contributed by atoms with van der Waals surface area (Å²) in [7, 11) is 3.56. The molecule has 1 rings (SSSR count). The summed E-state index contributed by atoms with van der Waals surface area (Å²) >= 11 is 0. The van der Waals surface area contributed by atoms with Crippen LogP contribution in [0.2, 0.25) is 0 Å². The Hall–Kier alpha value is -0.660. The van der Waals surface area contributed by atoms with Crippen molar-refractivity contribution in [3.63, 3.8) is 0 Å². The highest BCUT2D eigenvalue weighted by atomic mass is 16.5. The molecule has 2 nitrogen and oxygen atoms in total. The van der Waals surface area contributed by atoms with Gasteiger partial charge in [-0.15, -0.1) is 0 Å². The van der Waals surface area contributed by atoms with Crippen LogP contribution in [0.1, 0.15) is 0 Å². The summed E-state index contributed by atoms with van der Waals surface area (Å²) in [6, 6.07) is 0. The van der Waals surface area contributed by atoms with Gasteiger partial charge in [0.1, 0.15) is 6.26 Å². The van der Waals surface area contributed by atoms with E-state index in [1.54, 1.807) is 17.4 Å². The minimum absolute atomic E-state index is 0.597. The molecule has 33 valence electrons. The normalized spacial score (nSPS) is 18.5. The average molecular weight is 84.1 g/mol. The van der Waals surface area contributed by atoms with Crippen molar-refractivity contribution in [1.82, 2.24) is 4.90 Å². The molecule has 2 heteroatoms. The monoisotopic (exact) mass is 84.0 g/mol. The van der Waals surface area contributed by atoms with Crippen LogP contribution < -0.4 is 0 Å². The minimum atomic E-state index is 0.597. The maximum absolute atomic E-state index is 4.74. The first-order valence-corrected chi connectivity index (χ1v) is 1.75. The van der Waals surface area contributed by atoms with E-state index in [1.807, 2.05) is 0 Å². The van der Waals surface area contributed by atoms with E-state index < -0.39 is 0 Å². The second-order valence-corrected chi connectivity index (χ2v) is 1.17. The van der Waals surface area contributed by atoms with Crippen LogP contribution in [0.4, 0.5) is 0 Å². The van der Waals surface area contributed by atoms with Gasteiger partial charge in [0.05, 0.1) is 0 Å². The standard InChI is InChI=1S/C4H6NO/c1-5-2-3-6-4-5/h2-3H,1,4H2. The topological polar surface area (TPSA) is 12.5 Å². The van der Waals surface area contributed by atoms with Gasteiger partial charge in [0.2, 0.25) is 0 Å². The van der Waals surface area contributed by atoms with E-state index >= 15 is 0 Å². The van der Waals surface area contributed by atoms with Crippen molar-refractivity contribution in [2.45, 2.75) is 0 Å². The fourth-order valence-electron chi connectivity index (χ4n) is 0.311. The quantitative estimate of drug-likeness (QED) is 0.424. The molecule has 0 aromatic carbocycles. The van der Waals surface area contributed by atoms with Crippen LogP contribution in [-0.2, 0) is 4.74 Å². The van der Waals surface area contributed by atoms with E-state index in [9.17, 15) is 0 Å². The molecule has 0 fully saturated rings. The van der Waals surface area contributed by atoms with E-state index in [1.165, 1.54) is 0 Å². The van der Waals surface area contributed by atoms with E-state index in [4.69, 9.17) is 4.74 Å². The third kappa shape index (κ3) is 0.455. The summed E-state index contributed by atoms with van der Waals surface area (Å²) in [5.74, 6) is 0. The van der Waals surface area contributed by atoms with Gasteiger partial charge in [-0.1, -0.05) is 0 Å². The highest BCUT2D eigenvalue weighted by Gasteiger charge is 1.93. The third-order valence-electron chi connectivity index (χ3n) is 0.608. The van der Waals surface area contributed by atoms with Gasteiger partial charge in [0.15, 0.2) is 6.73 Å². The predicted molar refractivity (Wildman–Crippen MR) is 22.3 cm³/mol. The number of hydrogen-bond donors (Lipinski definition) is 0. The van der Waals surface area contributed by atoms with Crippen LogP contribution in [0, 0.1) is 7.05 Å².